The lowest BCUT2D eigenvalue weighted by Crippen LogP contribution is -2.38. The minimum absolute atomic E-state index is 0.0884. The standard InChI is InChI=1S/C18H20N10O5/c1-22-12-10(14(29)24(3)17(22)31)27(7-19-12)6-9-21-16(33-26(9)5)28-8-20-13-11(28)15(30)25(4)18(32)23(13)2/h7-9H,6H2,1-5H3. The lowest BCUT2D eigenvalue weighted by Gasteiger charge is -2.16. The molecule has 0 saturated heterocycles. The van der Waals surface area contributed by atoms with Crippen LogP contribution in [0.25, 0.3) is 22.3 Å². The highest BCUT2D eigenvalue weighted by Crippen LogP contribution is 2.17. The van der Waals surface area contributed by atoms with Gasteiger partial charge in [-0.1, -0.05) is 0 Å². The average Bonchev–Trinajstić information content (AvgIpc) is 3.51. The first-order chi connectivity index (χ1) is 15.6. The molecule has 5 heterocycles. The zero-order chi connectivity index (χ0) is 23.8. The summed E-state index contributed by atoms with van der Waals surface area (Å²) in [7, 11) is 7.50. The number of rotatable bonds is 2. The van der Waals surface area contributed by atoms with Crippen LogP contribution in [0.5, 0.6) is 0 Å². The smallest absolute Gasteiger partial charge is 0.332 e. The Balaban J connectivity index is 1.59. The fourth-order valence-electron chi connectivity index (χ4n) is 3.88. The summed E-state index contributed by atoms with van der Waals surface area (Å²) < 4.78 is 7.54. The largest absolute Gasteiger partial charge is 0.365 e. The molecule has 0 bridgehead atoms. The van der Waals surface area contributed by atoms with Gasteiger partial charge < -0.3 is 9.40 Å². The number of aromatic nitrogens is 8. The third-order valence-corrected chi connectivity index (χ3v) is 5.84. The number of aryl methyl sites for hydroxylation is 2. The molecule has 1 atom stereocenters. The quantitative estimate of drug-likeness (QED) is 0.316. The van der Waals surface area contributed by atoms with E-state index in [9.17, 15) is 19.2 Å². The van der Waals surface area contributed by atoms with Crippen molar-refractivity contribution in [3.8, 4) is 0 Å². The third kappa shape index (κ3) is 2.75. The SMILES string of the molecule is CN1OC(n2cnc3c2c(=O)n(C)c(=O)n3C)=NC1Cn1cnc2c1c(=O)n(C)c(=O)n2C. The summed E-state index contributed by atoms with van der Waals surface area (Å²) in [6.45, 7) is 0.188. The Bertz CT molecular complexity index is 1730. The van der Waals surface area contributed by atoms with Gasteiger partial charge in [0.25, 0.3) is 11.1 Å². The highest BCUT2D eigenvalue weighted by Gasteiger charge is 2.30. The van der Waals surface area contributed by atoms with Crippen molar-refractivity contribution in [1.29, 1.82) is 0 Å². The van der Waals surface area contributed by atoms with Crippen molar-refractivity contribution in [1.82, 2.24) is 42.4 Å². The summed E-state index contributed by atoms with van der Waals surface area (Å²) in [5, 5.41) is 1.46. The van der Waals surface area contributed by atoms with Gasteiger partial charge in [0.15, 0.2) is 28.5 Å². The third-order valence-electron chi connectivity index (χ3n) is 5.84. The first-order valence-electron chi connectivity index (χ1n) is 9.84. The molecule has 1 aliphatic rings. The second-order valence-corrected chi connectivity index (χ2v) is 7.80. The molecule has 33 heavy (non-hydrogen) atoms. The summed E-state index contributed by atoms with van der Waals surface area (Å²) in [6, 6.07) is 0.0884. The van der Waals surface area contributed by atoms with Crippen LogP contribution < -0.4 is 22.5 Å². The summed E-state index contributed by atoms with van der Waals surface area (Å²) >= 11 is 0. The van der Waals surface area contributed by atoms with Crippen molar-refractivity contribution in [3.05, 3.63) is 54.3 Å². The maximum Gasteiger partial charge on any atom is 0.332 e. The van der Waals surface area contributed by atoms with Crippen molar-refractivity contribution >= 4 is 28.3 Å². The molecule has 1 aliphatic heterocycles. The van der Waals surface area contributed by atoms with E-state index in [1.165, 1.54) is 52.6 Å². The Morgan fingerprint density at radius 2 is 1.33 bits per heavy atom. The number of fused-ring (bicyclic) bond motifs is 2. The van der Waals surface area contributed by atoms with Gasteiger partial charge in [-0.05, 0) is 0 Å². The Hall–Kier alpha value is -4.27. The first-order valence-corrected chi connectivity index (χ1v) is 9.84. The van der Waals surface area contributed by atoms with Crippen LogP contribution in [0.15, 0.2) is 36.8 Å². The highest BCUT2D eigenvalue weighted by atomic mass is 16.7. The van der Waals surface area contributed by atoms with Gasteiger partial charge in [0.2, 0.25) is 0 Å². The molecular weight excluding hydrogens is 436 g/mol. The van der Waals surface area contributed by atoms with Gasteiger partial charge in [0.05, 0.1) is 12.9 Å². The summed E-state index contributed by atoms with van der Waals surface area (Å²) in [5.41, 5.74) is -1.11. The average molecular weight is 456 g/mol. The summed E-state index contributed by atoms with van der Waals surface area (Å²) in [4.78, 5) is 68.4. The first kappa shape index (κ1) is 20.6. The van der Waals surface area contributed by atoms with Gasteiger partial charge in [0.1, 0.15) is 6.33 Å². The van der Waals surface area contributed by atoms with E-state index in [4.69, 9.17) is 4.84 Å². The number of aliphatic imine (C=N–C) groups is 1. The van der Waals surface area contributed by atoms with Crippen LogP contribution in [-0.4, -0.2) is 61.7 Å². The number of nitrogens with zero attached hydrogens (tertiary/aromatic N) is 10. The van der Waals surface area contributed by atoms with Crippen LogP contribution in [0.4, 0.5) is 0 Å². The number of hydrogen-bond donors (Lipinski definition) is 0. The van der Waals surface area contributed by atoms with E-state index in [2.05, 4.69) is 15.0 Å². The van der Waals surface area contributed by atoms with Crippen LogP contribution in [-0.2, 0) is 39.6 Å². The van der Waals surface area contributed by atoms with Gasteiger partial charge in [-0.2, -0.15) is 0 Å². The lowest BCUT2D eigenvalue weighted by atomic mass is 10.4. The molecule has 15 heteroatoms. The molecule has 4 aromatic heterocycles. The monoisotopic (exact) mass is 456 g/mol. The topological polar surface area (TPSA) is 148 Å². The number of hydroxylamine groups is 2. The van der Waals surface area contributed by atoms with Crippen LogP contribution >= 0.6 is 0 Å². The zero-order valence-corrected chi connectivity index (χ0v) is 18.5. The highest BCUT2D eigenvalue weighted by molar-refractivity contribution is 5.87. The maximum absolute atomic E-state index is 12.7. The molecule has 0 spiro atoms. The Morgan fingerprint density at radius 1 is 0.788 bits per heavy atom. The Labute approximate surface area is 183 Å². The van der Waals surface area contributed by atoms with Gasteiger partial charge in [-0.25, -0.2) is 29.1 Å². The van der Waals surface area contributed by atoms with Gasteiger partial charge >= 0.3 is 17.4 Å². The molecule has 172 valence electrons. The molecule has 0 saturated carbocycles. The predicted octanol–water partition coefficient (Wildman–Crippen LogP) is -2.71. The van der Waals surface area contributed by atoms with Crippen LogP contribution in [0.2, 0.25) is 0 Å². The summed E-state index contributed by atoms with van der Waals surface area (Å²) in [6.07, 6.45) is 2.25. The van der Waals surface area contributed by atoms with E-state index in [0.717, 1.165) is 9.13 Å². The van der Waals surface area contributed by atoms with E-state index in [1.807, 2.05) is 0 Å². The molecular formula is C18H20N10O5. The zero-order valence-electron chi connectivity index (χ0n) is 18.5. The molecule has 0 fully saturated rings. The minimum atomic E-state index is -0.576. The van der Waals surface area contributed by atoms with Gasteiger partial charge in [0, 0.05) is 35.2 Å². The molecule has 0 aliphatic carbocycles. The van der Waals surface area contributed by atoms with Gasteiger partial charge in [-0.15, -0.1) is 5.06 Å². The van der Waals surface area contributed by atoms with E-state index >= 15 is 0 Å². The molecule has 0 aromatic carbocycles. The second kappa shape index (κ2) is 6.86. The number of imidazole rings is 2. The van der Waals surface area contributed by atoms with Crippen molar-refractivity contribution in [2.24, 2.45) is 33.2 Å². The molecule has 4 aromatic rings. The molecule has 5 rings (SSSR count). The minimum Gasteiger partial charge on any atom is -0.365 e. The van der Waals surface area contributed by atoms with Crippen molar-refractivity contribution in [2.75, 3.05) is 7.05 Å². The van der Waals surface area contributed by atoms with E-state index in [1.54, 1.807) is 18.7 Å². The predicted molar refractivity (Wildman–Crippen MR) is 116 cm³/mol. The molecule has 0 radical (unpaired) electrons. The molecule has 15 nitrogen and oxygen atoms in total. The van der Waals surface area contributed by atoms with E-state index in [-0.39, 0.29) is 34.9 Å². The van der Waals surface area contributed by atoms with Crippen molar-refractivity contribution in [2.45, 2.75) is 12.7 Å². The molecule has 0 amide bonds. The van der Waals surface area contributed by atoms with E-state index < -0.39 is 28.7 Å². The van der Waals surface area contributed by atoms with Crippen LogP contribution in [0.1, 0.15) is 0 Å². The fraction of sp³-hybridized carbons (Fsp3) is 0.389. The fourth-order valence-corrected chi connectivity index (χ4v) is 3.88. The van der Waals surface area contributed by atoms with Crippen LogP contribution in [0.3, 0.4) is 0 Å². The van der Waals surface area contributed by atoms with Crippen LogP contribution in [0, 0.1) is 0 Å². The number of hydrogen-bond acceptors (Lipinski definition) is 9. The summed E-state index contributed by atoms with van der Waals surface area (Å²) in [5.74, 6) is 0. The molecule has 0 N–H and O–H groups in total. The second-order valence-electron chi connectivity index (χ2n) is 7.80. The van der Waals surface area contributed by atoms with E-state index in [0.29, 0.717) is 0 Å². The molecule has 1 unspecified atom stereocenters. The lowest BCUT2D eigenvalue weighted by molar-refractivity contribution is -0.0633. The van der Waals surface area contributed by atoms with Crippen molar-refractivity contribution in [3.63, 3.8) is 0 Å². The Morgan fingerprint density at radius 3 is 1.97 bits per heavy atom. The number of likely N-dealkylation sites (N-methyl/N-ethyl adjacent to an activating group) is 1. The Kier molecular flexibility index (Phi) is 4.29. The van der Waals surface area contributed by atoms with Crippen molar-refractivity contribution < 1.29 is 4.84 Å². The van der Waals surface area contributed by atoms with Gasteiger partial charge in [-0.3, -0.25) is 27.9 Å². The maximum atomic E-state index is 12.7. The normalized spacial score (nSPS) is 16.6.